The van der Waals surface area contributed by atoms with Gasteiger partial charge < -0.3 is 5.32 Å². The molecule has 1 fully saturated rings. The molecule has 1 saturated heterocycles. The van der Waals surface area contributed by atoms with Crippen molar-refractivity contribution in [3.05, 3.63) is 69.8 Å². The Morgan fingerprint density at radius 1 is 1.28 bits per heavy atom. The number of carbonyl (C=O) groups excluding carboxylic acids is 1. The van der Waals surface area contributed by atoms with Crippen molar-refractivity contribution < 1.29 is 9.72 Å². The van der Waals surface area contributed by atoms with Crippen LogP contribution in [0, 0.1) is 17.0 Å². The molecule has 0 bridgehead atoms. The number of anilines is 1. The Labute approximate surface area is 146 Å². The Kier molecular flexibility index (Phi) is 5.09. The van der Waals surface area contributed by atoms with Gasteiger partial charge in [0.2, 0.25) is 5.91 Å². The zero-order chi connectivity index (χ0) is 17.8. The van der Waals surface area contributed by atoms with Crippen molar-refractivity contribution in [1.29, 1.82) is 0 Å². The van der Waals surface area contributed by atoms with Crippen LogP contribution < -0.4 is 5.32 Å². The van der Waals surface area contributed by atoms with Gasteiger partial charge in [0.15, 0.2) is 0 Å². The maximum absolute atomic E-state index is 12.7. The molecule has 2 aromatic carbocycles. The lowest BCUT2D eigenvalue weighted by molar-refractivity contribution is -0.385. The van der Waals surface area contributed by atoms with Gasteiger partial charge in [0.05, 0.1) is 11.0 Å². The number of aryl methyl sites for hydroxylation is 1. The quantitative estimate of drug-likeness (QED) is 0.668. The zero-order valence-electron chi connectivity index (χ0n) is 14.1. The highest BCUT2D eigenvalue weighted by Crippen LogP contribution is 2.25. The lowest BCUT2D eigenvalue weighted by atomic mass is 10.1. The molecule has 1 aliphatic rings. The zero-order valence-corrected chi connectivity index (χ0v) is 14.1. The highest BCUT2D eigenvalue weighted by Gasteiger charge is 2.30. The molecule has 0 aromatic heterocycles. The van der Waals surface area contributed by atoms with Gasteiger partial charge in [0.1, 0.15) is 0 Å². The number of rotatable bonds is 5. The normalized spacial score (nSPS) is 17.4. The van der Waals surface area contributed by atoms with Crippen LogP contribution in [-0.4, -0.2) is 28.3 Å². The van der Waals surface area contributed by atoms with Crippen LogP contribution in [0.25, 0.3) is 0 Å². The number of nitrogens with zero attached hydrogens (tertiary/aromatic N) is 2. The van der Waals surface area contributed by atoms with Gasteiger partial charge in [-0.3, -0.25) is 19.8 Å². The van der Waals surface area contributed by atoms with E-state index < -0.39 is 4.92 Å². The number of benzene rings is 2. The first-order chi connectivity index (χ1) is 12.0. The highest BCUT2D eigenvalue weighted by molar-refractivity contribution is 5.95. The number of nitrogens with one attached hydrogen (secondary N) is 1. The smallest absolute Gasteiger partial charge is 0.274 e. The van der Waals surface area contributed by atoms with Crippen LogP contribution in [0.3, 0.4) is 0 Å². The van der Waals surface area contributed by atoms with E-state index in [1.54, 1.807) is 19.1 Å². The minimum absolute atomic E-state index is 0.0189. The Hall–Kier alpha value is -2.73. The van der Waals surface area contributed by atoms with Gasteiger partial charge in [0, 0.05) is 23.9 Å². The van der Waals surface area contributed by atoms with Crippen LogP contribution in [0.2, 0.25) is 0 Å². The Morgan fingerprint density at radius 3 is 2.76 bits per heavy atom. The fourth-order valence-electron chi connectivity index (χ4n) is 3.24. The second kappa shape index (κ2) is 7.44. The maximum Gasteiger partial charge on any atom is 0.274 e. The molecule has 1 aliphatic heterocycles. The largest absolute Gasteiger partial charge is 0.324 e. The second-order valence-corrected chi connectivity index (χ2v) is 6.36. The average Bonchev–Trinajstić information content (AvgIpc) is 3.05. The predicted molar refractivity (Wildman–Crippen MR) is 96.3 cm³/mol. The molecule has 1 heterocycles. The van der Waals surface area contributed by atoms with Gasteiger partial charge >= 0.3 is 0 Å². The average molecular weight is 339 g/mol. The van der Waals surface area contributed by atoms with E-state index in [9.17, 15) is 14.9 Å². The molecule has 25 heavy (non-hydrogen) atoms. The molecule has 6 nitrogen and oxygen atoms in total. The summed E-state index contributed by atoms with van der Waals surface area (Å²) in [6.45, 7) is 3.29. The van der Waals surface area contributed by atoms with Gasteiger partial charge in [-0.1, -0.05) is 36.4 Å². The molecule has 0 saturated carbocycles. The molecule has 1 N–H and O–H groups in total. The monoisotopic (exact) mass is 339 g/mol. The fraction of sp³-hybridized carbons (Fsp3) is 0.316. The van der Waals surface area contributed by atoms with E-state index in [0.717, 1.165) is 25.9 Å². The molecule has 0 radical (unpaired) electrons. The minimum Gasteiger partial charge on any atom is -0.324 e. The number of hydrogen-bond acceptors (Lipinski definition) is 4. The summed E-state index contributed by atoms with van der Waals surface area (Å²) in [5.41, 5.74) is 2.24. The molecule has 130 valence electrons. The molecule has 0 spiro atoms. The third-order valence-corrected chi connectivity index (χ3v) is 4.57. The first-order valence-corrected chi connectivity index (χ1v) is 8.38. The van der Waals surface area contributed by atoms with E-state index in [1.165, 1.54) is 11.6 Å². The molecule has 3 rings (SSSR count). The Morgan fingerprint density at radius 2 is 2.04 bits per heavy atom. The second-order valence-electron chi connectivity index (χ2n) is 6.36. The van der Waals surface area contributed by atoms with E-state index >= 15 is 0 Å². The van der Waals surface area contributed by atoms with E-state index in [0.29, 0.717) is 11.3 Å². The van der Waals surface area contributed by atoms with Crippen molar-refractivity contribution in [1.82, 2.24) is 4.90 Å². The Bertz CT molecular complexity index is 777. The molecule has 0 aliphatic carbocycles. The lowest BCUT2D eigenvalue weighted by Crippen LogP contribution is -2.39. The molecule has 2 aromatic rings. The van der Waals surface area contributed by atoms with E-state index in [-0.39, 0.29) is 17.6 Å². The number of carbonyl (C=O) groups is 1. The van der Waals surface area contributed by atoms with Crippen molar-refractivity contribution in [3.63, 3.8) is 0 Å². The lowest BCUT2D eigenvalue weighted by Gasteiger charge is -2.23. The van der Waals surface area contributed by atoms with E-state index in [1.807, 2.05) is 18.2 Å². The number of nitro benzene ring substituents is 1. The number of nitro groups is 1. The van der Waals surface area contributed by atoms with Crippen LogP contribution in [0.1, 0.15) is 24.0 Å². The third kappa shape index (κ3) is 4.03. The van der Waals surface area contributed by atoms with Crippen molar-refractivity contribution >= 4 is 17.3 Å². The third-order valence-electron chi connectivity index (χ3n) is 4.57. The fourth-order valence-corrected chi connectivity index (χ4v) is 3.24. The summed E-state index contributed by atoms with van der Waals surface area (Å²) in [5, 5.41) is 13.9. The standard InChI is InChI=1S/C19H21N3O3/c1-14-9-10-16(12-18(14)22(24)25)20-19(23)17-8-5-11-21(17)13-15-6-3-2-4-7-15/h2-4,6-7,9-10,12,17H,5,8,11,13H2,1H3,(H,20,23). The maximum atomic E-state index is 12.7. The van der Waals surface area contributed by atoms with Gasteiger partial charge in [0.25, 0.3) is 5.69 Å². The highest BCUT2D eigenvalue weighted by atomic mass is 16.6. The van der Waals surface area contributed by atoms with Crippen molar-refractivity contribution in [2.24, 2.45) is 0 Å². The summed E-state index contributed by atoms with van der Waals surface area (Å²) in [5.74, 6) is -0.105. The Balaban J connectivity index is 1.70. The summed E-state index contributed by atoms with van der Waals surface area (Å²) < 4.78 is 0. The van der Waals surface area contributed by atoms with Crippen molar-refractivity contribution in [2.45, 2.75) is 32.4 Å². The molecular weight excluding hydrogens is 318 g/mol. The van der Waals surface area contributed by atoms with Gasteiger partial charge in [-0.25, -0.2) is 0 Å². The van der Waals surface area contributed by atoms with Crippen molar-refractivity contribution in [2.75, 3.05) is 11.9 Å². The van der Waals surface area contributed by atoms with E-state index in [4.69, 9.17) is 0 Å². The first kappa shape index (κ1) is 17.1. The summed E-state index contributed by atoms with van der Waals surface area (Å²) in [6, 6.07) is 14.6. The SMILES string of the molecule is Cc1ccc(NC(=O)C2CCCN2Cc2ccccc2)cc1[N+](=O)[O-]. The van der Waals surface area contributed by atoms with Crippen LogP contribution in [0.15, 0.2) is 48.5 Å². The number of hydrogen-bond donors (Lipinski definition) is 1. The summed E-state index contributed by atoms with van der Waals surface area (Å²) in [4.78, 5) is 25.4. The topological polar surface area (TPSA) is 75.5 Å². The first-order valence-electron chi connectivity index (χ1n) is 8.38. The number of likely N-dealkylation sites (tertiary alicyclic amines) is 1. The van der Waals surface area contributed by atoms with Crippen LogP contribution in [0.4, 0.5) is 11.4 Å². The minimum atomic E-state index is -0.428. The molecule has 1 amide bonds. The van der Waals surface area contributed by atoms with Crippen LogP contribution >= 0.6 is 0 Å². The van der Waals surface area contributed by atoms with Crippen LogP contribution in [0.5, 0.6) is 0 Å². The predicted octanol–water partition coefficient (Wildman–Crippen LogP) is 3.51. The molecular formula is C19H21N3O3. The molecule has 6 heteroatoms. The van der Waals surface area contributed by atoms with E-state index in [2.05, 4.69) is 22.3 Å². The molecule has 1 atom stereocenters. The van der Waals surface area contributed by atoms with Gasteiger partial charge in [-0.05, 0) is 37.9 Å². The van der Waals surface area contributed by atoms with Crippen LogP contribution in [-0.2, 0) is 11.3 Å². The number of amides is 1. The van der Waals surface area contributed by atoms with Crippen molar-refractivity contribution in [3.8, 4) is 0 Å². The van der Waals surface area contributed by atoms with Gasteiger partial charge in [-0.15, -0.1) is 0 Å². The molecule has 1 unspecified atom stereocenters. The summed E-state index contributed by atoms with van der Waals surface area (Å²) in [6.07, 6.45) is 1.77. The summed E-state index contributed by atoms with van der Waals surface area (Å²) in [7, 11) is 0. The summed E-state index contributed by atoms with van der Waals surface area (Å²) >= 11 is 0. The van der Waals surface area contributed by atoms with Gasteiger partial charge in [-0.2, -0.15) is 0 Å².